The smallest absolute Gasteiger partial charge is 0.0639 e. The molecule has 0 rings (SSSR count). The van der Waals surface area contributed by atoms with Crippen LogP contribution in [0.25, 0.3) is 0 Å². The number of rotatable bonds is 5. The lowest BCUT2D eigenvalue weighted by Crippen LogP contribution is -2.18. The summed E-state index contributed by atoms with van der Waals surface area (Å²) in [7, 11) is 0. The van der Waals surface area contributed by atoms with Crippen molar-refractivity contribution < 1.29 is 20.1 Å². The second kappa shape index (κ2) is 43.5. The molecule has 0 heterocycles. The van der Waals surface area contributed by atoms with E-state index in [1.54, 1.807) is 19.9 Å². The van der Waals surface area contributed by atoms with E-state index in [1.165, 1.54) is 6.42 Å². The molecule has 0 saturated heterocycles. The van der Waals surface area contributed by atoms with Crippen LogP contribution in [-0.4, -0.2) is 19.2 Å². The van der Waals surface area contributed by atoms with Crippen molar-refractivity contribution in [1.29, 1.82) is 0 Å². The van der Waals surface area contributed by atoms with Crippen molar-refractivity contribution in [2.45, 2.75) is 46.5 Å². The van der Waals surface area contributed by atoms with Crippen molar-refractivity contribution in [1.82, 2.24) is 18.5 Å². The largest absolute Gasteiger partial charge is 0.855 e. The number of quaternary nitrogens is 3. The fourth-order valence-electron chi connectivity index (χ4n) is 0.692. The zero-order chi connectivity index (χ0) is 13.2. The zero-order valence-electron chi connectivity index (χ0n) is 13.5. The van der Waals surface area contributed by atoms with Gasteiger partial charge >= 0.3 is 0 Å². The number of allylic oxidation sites excluding steroid dienone is 1. The van der Waals surface area contributed by atoms with Crippen LogP contribution in [0, 0.1) is 0 Å². The Morgan fingerprint density at radius 2 is 1.32 bits per heavy atom. The predicted molar refractivity (Wildman–Crippen MR) is 77.3 cm³/mol. The van der Waals surface area contributed by atoms with Crippen LogP contribution in [0.4, 0.5) is 0 Å². The lowest BCUT2D eigenvalue weighted by Gasteiger charge is -1.92. The van der Waals surface area contributed by atoms with Crippen LogP contribution < -0.4 is 33.8 Å². The summed E-state index contributed by atoms with van der Waals surface area (Å²) in [6.07, 6.45) is 6.99. The van der Waals surface area contributed by atoms with E-state index in [4.69, 9.17) is 10.2 Å². The van der Waals surface area contributed by atoms with Gasteiger partial charge in [0.15, 0.2) is 0 Å². The molecule has 0 amide bonds. The van der Waals surface area contributed by atoms with E-state index in [2.05, 4.69) is 6.92 Å². The molecular weight excluding hydrogens is 250 g/mol. The lowest BCUT2D eigenvalue weighted by molar-refractivity contribution is -0.362. The minimum Gasteiger partial charge on any atom is -0.855 e. The molecule has 12 N–H and O–H groups in total. The van der Waals surface area contributed by atoms with Crippen LogP contribution in [0.1, 0.15) is 46.5 Å². The maximum atomic E-state index is 9.83. The highest BCUT2D eigenvalue weighted by Gasteiger charge is 1.80. The molecule has 0 aliphatic carbocycles. The molecule has 0 fully saturated rings. The predicted octanol–water partition coefficient (Wildman–Crippen LogP) is 0.735. The second-order valence-electron chi connectivity index (χ2n) is 2.79. The molecule has 122 valence electrons. The Morgan fingerprint density at radius 1 is 0.947 bits per heavy atom. The summed E-state index contributed by atoms with van der Waals surface area (Å²) in [4.78, 5) is 9.83. The van der Waals surface area contributed by atoms with Crippen molar-refractivity contribution in [3.63, 3.8) is 0 Å². The molecular formula is C12H35N3O4. The maximum Gasteiger partial charge on any atom is 0.0639 e. The van der Waals surface area contributed by atoms with Crippen LogP contribution >= 0.6 is 0 Å². The Hall–Kier alpha value is -0.990. The van der Waals surface area contributed by atoms with Crippen LogP contribution in [0.3, 0.4) is 0 Å². The molecule has 0 spiro atoms. The minimum atomic E-state index is -1.10. The third kappa shape index (κ3) is 106. The topological polar surface area (TPSA) is 196 Å². The lowest BCUT2D eigenvalue weighted by atomic mass is 10.2. The van der Waals surface area contributed by atoms with Gasteiger partial charge in [-0.25, -0.2) is 0 Å². The molecule has 19 heavy (non-hydrogen) atoms. The van der Waals surface area contributed by atoms with Crippen LogP contribution in [0.2, 0.25) is 0 Å². The molecule has 0 aliphatic rings. The minimum absolute atomic E-state index is 0. The number of carboxylic acid groups (broad SMARTS) is 1. The van der Waals surface area contributed by atoms with Gasteiger partial charge in [-0.3, -0.25) is 0 Å². The average molecular weight is 285 g/mol. The Morgan fingerprint density at radius 3 is 1.58 bits per heavy atom. The molecule has 0 atom stereocenters. The van der Waals surface area contributed by atoms with Gasteiger partial charge in [-0.05, 0) is 18.9 Å². The summed E-state index contributed by atoms with van der Waals surface area (Å²) in [6, 6.07) is 0. The van der Waals surface area contributed by atoms with Gasteiger partial charge in [0.05, 0.1) is 5.97 Å². The van der Waals surface area contributed by atoms with Gasteiger partial charge in [0.25, 0.3) is 0 Å². The van der Waals surface area contributed by atoms with E-state index in [-0.39, 0.29) is 31.7 Å². The second-order valence-corrected chi connectivity index (χ2v) is 2.79. The van der Waals surface area contributed by atoms with Gasteiger partial charge in [0, 0.05) is 0 Å². The molecule has 0 unspecified atom stereocenters. The first kappa shape index (κ1) is 36.1. The zero-order valence-corrected chi connectivity index (χ0v) is 13.5. The molecule has 7 nitrogen and oxygen atoms in total. The van der Waals surface area contributed by atoms with Crippen molar-refractivity contribution in [2.75, 3.05) is 13.2 Å². The summed E-state index contributed by atoms with van der Waals surface area (Å²) in [5.41, 5.74) is 0. The van der Waals surface area contributed by atoms with Crippen molar-refractivity contribution in [3.05, 3.63) is 12.2 Å². The van der Waals surface area contributed by atoms with E-state index >= 15 is 0 Å². The van der Waals surface area contributed by atoms with E-state index < -0.39 is 5.97 Å². The van der Waals surface area contributed by atoms with E-state index in [0.717, 1.165) is 25.3 Å². The van der Waals surface area contributed by atoms with Gasteiger partial charge in [-0.2, -0.15) is 0 Å². The van der Waals surface area contributed by atoms with Gasteiger partial charge in [0.1, 0.15) is 0 Å². The number of hydrogen-bond acceptors (Lipinski definition) is 4. The first-order valence-electron chi connectivity index (χ1n) is 5.64. The average Bonchev–Trinajstić information content (AvgIpc) is 2.19. The normalized spacial score (nSPS) is 7.42. The number of hydrogen-bond donors (Lipinski definition) is 3. The highest BCUT2D eigenvalue weighted by atomic mass is 16.4. The molecule has 0 aromatic carbocycles. The number of carbonyl (C=O) groups is 1. The molecule has 7 heteroatoms. The highest BCUT2D eigenvalue weighted by molar-refractivity contribution is 5.77. The molecule has 0 saturated carbocycles. The summed E-state index contributed by atoms with van der Waals surface area (Å²) < 4.78 is 0. The van der Waals surface area contributed by atoms with Crippen molar-refractivity contribution in [3.8, 4) is 0 Å². The number of carbonyl (C=O) groups excluding carboxylic acids is 1. The standard InChI is InChI=1S/C8H14O2.2C2H5O.3H3N/c1-2-3-4-5-6-7-8(9)10;2*1-2-3;;;/h6-7H,2-5H2,1H3,(H,9,10);2*2H2,1H3;3*1H3/q;2*-1;;;/p+2. The first-order chi connectivity index (χ1) is 7.60. The fraction of sp³-hybridized carbons (Fsp3) is 0.750. The van der Waals surface area contributed by atoms with Crippen LogP contribution in [-0.2, 0) is 4.79 Å². The first-order valence-corrected chi connectivity index (χ1v) is 5.64. The summed E-state index contributed by atoms with van der Waals surface area (Å²) in [6.45, 7) is 5.25. The summed E-state index contributed by atoms with van der Waals surface area (Å²) in [5, 5.41) is 27.7. The van der Waals surface area contributed by atoms with Gasteiger partial charge in [0.2, 0.25) is 0 Å². The third-order valence-electron chi connectivity index (χ3n) is 1.23. The molecule has 0 radical (unpaired) electrons. The molecule has 0 bridgehead atoms. The molecule has 0 aliphatic heterocycles. The number of unbranched alkanes of at least 4 members (excludes halogenated alkanes) is 3. The summed E-state index contributed by atoms with van der Waals surface area (Å²) >= 11 is 0. The van der Waals surface area contributed by atoms with Gasteiger partial charge in [-0.15, -0.1) is 13.2 Å². The molecule has 0 aromatic rings. The summed E-state index contributed by atoms with van der Waals surface area (Å²) in [5.74, 6) is -1.10. The Bertz CT molecular complexity index is 154. The Balaban J connectivity index is -0.0000000406. The van der Waals surface area contributed by atoms with E-state index in [9.17, 15) is 9.90 Å². The van der Waals surface area contributed by atoms with Crippen LogP contribution in [0.5, 0.6) is 0 Å². The van der Waals surface area contributed by atoms with Crippen LogP contribution in [0.15, 0.2) is 12.2 Å². The maximum absolute atomic E-state index is 9.83. The highest BCUT2D eigenvalue weighted by Crippen LogP contribution is 1.98. The Kier molecular flexibility index (Phi) is 82.7. The fourth-order valence-corrected chi connectivity index (χ4v) is 0.692. The van der Waals surface area contributed by atoms with E-state index in [0.29, 0.717) is 0 Å². The van der Waals surface area contributed by atoms with E-state index in [1.807, 2.05) is 0 Å². The van der Waals surface area contributed by atoms with Gasteiger partial charge < -0.3 is 38.6 Å². The quantitative estimate of drug-likeness (QED) is 0.494. The molecule has 0 aromatic heterocycles. The number of aliphatic carboxylic acids is 1. The van der Waals surface area contributed by atoms with Crippen molar-refractivity contribution >= 4 is 5.97 Å². The third-order valence-corrected chi connectivity index (χ3v) is 1.23. The SMILES string of the molecule is CCCCCC=CC(=O)[O-].CC[O-].CC[O-].[NH4+].[NH4+].[NH4+]. The van der Waals surface area contributed by atoms with Crippen molar-refractivity contribution in [2.24, 2.45) is 0 Å². The van der Waals surface area contributed by atoms with Gasteiger partial charge in [-0.1, -0.05) is 39.7 Å². The monoisotopic (exact) mass is 285 g/mol. The number of carboxylic acids is 1. The Labute approximate surface area is 117 Å².